The molecule has 9 heteroatoms. The first-order valence-electron chi connectivity index (χ1n) is 14.6. The number of carbonyl (C=O) groups excluding carboxylic acids is 2. The van der Waals surface area contributed by atoms with Gasteiger partial charge < -0.3 is 10.2 Å². The van der Waals surface area contributed by atoms with Crippen LogP contribution in [0.4, 0.5) is 10.1 Å². The second-order valence-corrected chi connectivity index (χ2v) is 12.6. The lowest BCUT2D eigenvalue weighted by atomic mass is 10.0. The molecule has 0 heterocycles. The fourth-order valence-corrected chi connectivity index (χ4v) is 6.29. The SMILES string of the molecule is CCCNC(=O)[C@H](Cc1ccccc1)N(Cc1ccccc1F)C(=O)CN(c1cccc(C)c1)S(=O)(=O)c1ccc(C)cc1. The molecule has 1 N–H and O–H groups in total. The van der Waals surface area contributed by atoms with Gasteiger partial charge in [-0.3, -0.25) is 13.9 Å². The van der Waals surface area contributed by atoms with E-state index >= 15 is 0 Å². The van der Waals surface area contributed by atoms with Gasteiger partial charge in [-0.05, 0) is 61.7 Å². The first-order valence-corrected chi connectivity index (χ1v) is 16.0. The topological polar surface area (TPSA) is 86.8 Å². The van der Waals surface area contributed by atoms with Crippen LogP contribution < -0.4 is 9.62 Å². The van der Waals surface area contributed by atoms with Crippen LogP contribution in [0.15, 0.2) is 108 Å². The number of carbonyl (C=O) groups is 2. The summed E-state index contributed by atoms with van der Waals surface area (Å²) in [7, 11) is -4.21. The highest BCUT2D eigenvalue weighted by Crippen LogP contribution is 2.26. The van der Waals surface area contributed by atoms with E-state index in [1.807, 2.05) is 57.2 Å². The Kier molecular flexibility index (Phi) is 10.9. The van der Waals surface area contributed by atoms with Gasteiger partial charge in [-0.2, -0.15) is 0 Å². The zero-order valence-electron chi connectivity index (χ0n) is 25.2. The Balaban J connectivity index is 1.80. The Morgan fingerprint density at radius 3 is 2.18 bits per heavy atom. The van der Waals surface area contributed by atoms with Crippen LogP contribution in [-0.2, 0) is 32.6 Å². The van der Waals surface area contributed by atoms with Crippen LogP contribution in [0.25, 0.3) is 0 Å². The van der Waals surface area contributed by atoms with Crippen LogP contribution in [0.1, 0.15) is 35.6 Å². The molecule has 0 spiro atoms. The molecule has 230 valence electrons. The molecule has 7 nitrogen and oxygen atoms in total. The molecule has 0 aliphatic heterocycles. The van der Waals surface area contributed by atoms with Crippen LogP contribution in [0, 0.1) is 19.7 Å². The maximum Gasteiger partial charge on any atom is 0.264 e. The van der Waals surface area contributed by atoms with E-state index < -0.39 is 40.2 Å². The highest BCUT2D eigenvalue weighted by molar-refractivity contribution is 7.92. The van der Waals surface area contributed by atoms with E-state index in [9.17, 15) is 22.4 Å². The maximum absolute atomic E-state index is 15.0. The van der Waals surface area contributed by atoms with Gasteiger partial charge in [0.05, 0.1) is 10.6 Å². The summed E-state index contributed by atoms with van der Waals surface area (Å²) in [6.45, 7) is 5.18. The lowest BCUT2D eigenvalue weighted by Gasteiger charge is -2.34. The molecule has 44 heavy (non-hydrogen) atoms. The van der Waals surface area contributed by atoms with E-state index in [-0.39, 0.29) is 23.4 Å². The zero-order chi connectivity index (χ0) is 31.7. The van der Waals surface area contributed by atoms with Gasteiger partial charge in [-0.25, -0.2) is 12.8 Å². The van der Waals surface area contributed by atoms with Gasteiger partial charge in [0.2, 0.25) is 11.8 Å². The summed E-state index contributed by atoms with van der Waals surface area (Å²) in [4.78, 5) is 29.4. The molecule has 0 aliphatic rings. The smallest absolute Gasteiger partial charge is 0.264 e. The van der Waals surface area contributed by atoms with Crippen molar-refractivity contribution in [1.82, 2.24) is 10.2 Å². The Bertz CT molecular complexity index is 1680. The van der Waals surface area contributed by atoms with Crippen molar-refractivity contribution in [1.29, 1.82) is 0 Å². The third kappa shape index (κ3) is 8.11. The molecular weight excluding hydrogens is 577 g/mol. The largest absolute Gasteiger partial charge is 0.354 e. The monoisotopic (exact) mass is 615 g/mol. The third-order valence-corrected chi connectivity index (χ3v) is 9.08. The Morgan fingerprint density at radius 2 is 1.52 bits per heavy atom. The van der Waals surface area contributed by atoms with Gasteiger partial charge in [-0.1, -0.05) is 85.3 Å². The molecule has 2 amide bonds. The van der Waals surface area contributed by atoms with Gasteiger partial charge in [0, 0.05) is 25.1 Å². The average Bonchev–Trinajstić information content (AvgIpc) is 3.01. The molecule has 0 saturated heterocycles. The number of rotatable bonds is 13. The minimum absolute atomic E-state index is 0.0274. The molecule has 0 fully saturated rings. The van der Waals surface area contributed by atoms with Crippen LogP contribution in [-0.4, -0.2) is 44.3 Å². The summed E-state index contributed by atoms with van der Waals surface area (Å²) >= 11 is 0. The third-order valence-electron chi connectivity index (χ3n) is 7.30. The average molecular weight is 616 g/mol. The summed E-state index contributed by atoms with van der Waals surface area (Å²) in [6, 6.07) is 27.5. The number of sulfonamides is 1. The van der Waals surface area contributed by atoms with Crippen molar-refractivity contribution in [3.8, 4) is 0 Å². The first kappa shape index (κ1) is 32.4. The molecule has 1 atom stereocenters. The molecule has 0 aromatic heterocycles. The van der Waals surface area contributed by atoms with Crippen molar-refractivity contribution in [2.75, 3.05) is 17.4 Å². The molecule has 0 bridgehead atoms. The Labute approximate surface area is 259 Å². The number of nitrogens with one attached hydrogen (secondary N) is 1. The fourth-order valence-electron chi connectivity index (χ4n) is 4.88. The number of benzene rings is 4. The predicted molar refractivity (Wildman–Crippen MR) is 171 cm³/mol. The van der Waals surface area contributed by atoms with Crippen molar-refractivity contribution in [3.05, 3.63) is 131 Å². The highest BCUT2D eigenvalue weighted by Gasteiger charge is 2.35. The molecule has 4 rings (SSSR count). The first-order chi connectivity index (χ1) is 21.1. The normalized spacial score (nSPS) is 11.9. The van der Waals surface area contributed by atoms with Crippen LogP contribution >= 0.6 is 0 Å². The van der Waals surface area contributed by atoms with E-state index in [0.717, 1.165) is 21.0 Å². The number of anilines is 1. The van der Waals surface area contributed by atoms with Crippen molar-refractivity contribution in [3.63, 3.8) is 0 Å². The molecule has 0 unspecified atom stereocenters. The summed E-state index contributed by atoms with van der Waals surface area (Å²) < 4.78 is 44.2. The number of amides is 2. The molecule has 4 aromatic carbocycles. The Morgan fingerprint density at radius 1 is 0.841 bits per heavy atom. The summed E-state index contributed by atoms with van der Waals surface area (Å²) in [5.41, 5.74) is 3.02. The molecule has 0 saturated carbocycles. The van der Waals surface area contributed by atoms with E-state index in [4.69, 9.17) is 0 Å². The Hall–Kier alpha value is -4.50. The van der Waals surface area contributed by atoms with Crippen molar-refractivity contribution < 1.29 is 22.4 Å². The van der Waals surface area contributed by atoms with E-state index in [0.29, 0.717) is 18.7 Å². The lowest BCUT2D eigenvalue weighted by molar-refractivity contribution is -0.140. The minimum atomic E-state index is -4.21. The highest BCUT2D eigenvalue weighted by atomic mass is 32.2. The van der Waals surface area contributed by atoms with Gasteiger partial charge in [0.15, 0.2) is 0 Å². The van der Waals surface area contributed by atoms with Gasteiger partial charge in [-0.15, -0.1) is 0 Å². The fraction of sp³-hybridized carbons (Fsp3) is 0.257. The number of nitrogens with zero attached hydrogens (tertiary/aromatic N) is 2. The van der Waals surface area contributed by atoms with Crippen LogP contribution in [0.5, 0.6) is 0 Å². The quantitative estimate of drug-likeness (QED) is 0.206. The summed E-state index contributed by atoms with van der Waals surface area (Å²) in [5, 5.41) is 2.88. The van der Waals surface area contributed by atoms with E-state index in [1.54, 1.807) is 48.5 Å². The molecular formula is C35H38FN3O4S. The lowest BCUT2D eigenvalue weighted by Crippen LogP contribution is -2.53. The molecule has 4 aromatic rings. The maximum atomic E-state index is 15.0. The van der Waals surface area contributed by atoms with Crippen LogP contribution in [0.3, 0.4) is 0 Å². The second kappa shape index (κ2) is 14.8. The summed E-state index contributed by atoms with van der Waals surface area (Å²) in [5.74, 6) is -1.57. The number of halogens is 1. The predicted octanol–water partition coefficient (Wildman–Crippen LogP) is 5.80. The summed E-state index contributed by atoms with van der Waals surface area (Å²) in [6.07, 6.45) is 0.840. The van der Waals surface area contributed by atoms with Crippen LogP contribution in [0.2, 0.25) is 0 Å². The van der Waals surface area contributed by atoms with Gasteiger partial charge in [0.25, 0.3) is 10.0 Å². The minimum Gasteiger partial charge on any atom is -0.354 e. The van der Waals surface area contributed by atoms with E-state index in [2.05, 4.69) is 5.32 Å². The number of hydrogen-bond donors (Lipinski definition) is 1. The van der Waals surface area contributed by atoms with Gasteiger partial charge >= 0.3 is 0 Å². The van der Waals surface area contributed by atoms with Gasteiger partial charge in [0.1, 0.15) is 18.4 Å². The molecule has 0 aliphatic carbocycles. The standard InChI is InChI=1S/C35H38FN3O4S/c1-4-21-37-35(41)33(23-28-12-6-5-7-13-28)38(24-29-14-8-9-16-32(29)36)34(40)25-39(30-15-10-11-27(3)22-30)44(42,43)31-19-17-26(2)18-20-31/h5-20,22,33H,4,21,23-25H2,1-3H3,(H,37,41)/t33-/m0/s1. The number of hydrogen-bond acceptors (Lipinski definition) is 4. The number of aryl methyl sites for hydroxylation is 2. The van der Waals surface area contributed by atoms with Crippen molar-refractivity contribution in [2.24, 2.45) is 0 Å². The second-order valence-electron chi connectivity index (χ2n) is 10.8. The van der Waals surface area contributed by atoms with Crippen molar-refractivity contribution in [2.45, 2.75) is 51.1 Å². The molecule has 0 radical (unpaired) electrons. The van der Waals surface area contributed by atoms with Crippen molar-refractivity contribution >= 4 is 27.5 Å². The zero-order valence-corrected chi connectivity index (χ0v) is 26.1. The van der Waals surface area contributed by atoms with E-state index in [1.165, 1.54) is 23.1 Å².